The summed E-state index contributed by atoms with van der Waals surface area (Å²) in [7, 11) is 0. The third-order valence-corrected chi connectivity index (χ3v) is 4.44. The number of carbonyl (C=O) groups is 1. The smallest absolute Gasteiger partial charge is 0.273 e. The number of nitrogens with one attached hydrogen (secondary N) is 1. The van der Waals surface area contributed by atoms with E-state index in [1.807, 2.05) is 38.1 Å². The third-order valence-electron chi connectivity index (χ3n) is 4.44. The molecule has 2 aromatic carbocycles. The van der Waals surface area contributed by atoms with Crippen molar-refractivity contribution in [2.75, 3.05) is 13.2 Å². The largest absolute Gasteiger partial charge is 0.494 e. The monoisotopic (exact) mass is 411 g/mol. The van der Waals surface area contributed by atoms with Crippen LogP contribution in [-0.2, 0) is 19.6 Å². The van der Waals surface area contributed by atoms with Crippen LogP contribution in [0.15, 0.2) is 59.2 Å². The number of carbonyl (C=O) groups excluding carboxylic acids is 1. The zero-order valence-electron chi connectivity index (χ0n) is 17.2. The molecule has 7 heteroatoms. The van der Waals surface area contributed by atoms with Crippen LogP contribution >= 0.6 is 0 Å². The molecule has 30 heavy (non-hydrogen) atoms. The molecule has 1 aromatic heterocycles. The molecule has 0 saturated heterocycles. The molecule has 1 amide bonds. The number of amides is 1. The molecule has 158 valence electrons. The van der Waals surface area contributed by atoms with Gasteiger partial charge in [0, 0.05) is 19.6 Å². The highest BCUT2D eigenvalue weighted by Gasteiger charge is 2.15. The van der Waals surface area contributed by atoms with Crippen LogP contribution in [0, 0.1) is 5.82 Å². The van der Waals surface area contributed by atoms with Crippen LogP contribution in [0.25, 0.3) is 0 Å². The van der Waals surface area contributed by atoms with Crippen molar-refractivity contribution in [1.29, 1.82) is 0 Å². The zero-order chi connectivity index (χ0) is 21.3. The summed E-state index contributed by atoms with van der Waals surface area (Å²) in [6.07, 6.45) is 1.37. The van der Waals surface area contributed by atoms with Crippen LogP contribution in [0.2, 0.25) is 0 Å². The van der Waals surface area contributed by atoms with Gasteiger partial charge in [0.25, 0.3) is 5.91 Å². The molecule has 0 unspecified atom stereocenters. The Morgan fingerprint density at radius 2 is 1.67 bits per heavy atom. The van der Waals surface area contributed by atoms with E-state index in [1.165, 1.54) is 18.4 Å². The molecule has 6 nitrogen and oxygen atoms in total. The molecule has 3 aromatic rings. The number of aromatic nitrogens is 1. The van der Waals surface area contributed by atoms with Gasteiger partial charge in [0.15, 0.2) is 5.69 Å². The molecule has 0 aliphatic rings. The van der Waals surface area contributed by atoms with Gasteiger partial charge in [-0.25, -0.2) is 9.37 Å². The van der Waals surface area contributed by atoms with E-state index in [0.717, 1.165) is 16.9 Å². The van der Waals surface area contributed by atoms with E-state index in [4.69, 9.17) is 9.15 Å². The Morgan fingerprint density at radius 1 is 1.03 bits per heavy atom. The van der Waals surface area contributed by atoms with Gasteiger partial charge in [-0.05, 0) is 49.2 Å². The van der Waals surface area contributed by atoms with Crippen molar-refractivity contribution in [1.82, 2.24) is 15.2 Å². The summed E-state index contributed by atoms with van der Waals surface area (Å²) in [5.41, 5.74) is 2.32. The lowest BCUT2D eigenvalue weighted by molar-refractivity contribution is 0.0950. The number of nitrogens with zero attached hydrogens (tertiary/aromatic N) is 2. The zero-order valence-corrected chi connectivity index (χ0v) is 17.2. The topological polar surface area (TPSA) is 67.6 Å². The predicted octanol–water partition coefficient (Wildman–Crippen LogP) is 4.16. The van der Waals surface area contributed by atoms with E-state index in [9.17, 15) is 9.18 Å². The van der Waals surface area contributed by atoms with Crippen molar-refractivity contribution in [2.45, 2.75) is 33.5 Å². The van der Waals surface area contributed by atoms with E-state index in [0.29, 0.717) is 38.7 Å². The van der Waals surface area contributed by atoms with E-state index in [-0.39, 0.29) is 17.4 Å². The molecule has 1 N–H and O–H groups in total. The van der Waals surface area contributed by atoms with Crippen molar-refractivity contribution in [3.8, 4) is 5.75 Å². The van der Waals surface area contributed by atoms with Gasteiger partial charge >= 0.3 is 0 Å². The van der Waals surface area contributed by atoms with Crippen molar-refractivity contribution < 1.29 is 18.3 Å². The molecule has 0 fully saturated rings. The van der Waals surface area contributed by atoms with E-state index in [1.54, 1.807) is 12.1 Å². The maximum absolute atomic E-state index is 13.3. The van der Waals surface area contributed by atoms with Crippen molar-refractivity contribution in [3.05, 3.63) is 83.3 Å². The third kappa shape index (κ3) is 6.15. The number of ether oxygens (including phenoxy) is 1. The maximum Gasteiger partial charge on any atom is 0.273 e. The number of benzene rings is 2. The normalized spacial score (nSPS) is 10.9. The average Bonchev–Trinajstić information content (AvgIpc) is 3.20. The van der Waals surface area contributed by atoms with Crippen LogP contribution in [0.3, 0.4) is 0 Å². The Labute approximate surface area is 175 Å². The highest BCUT2D eigenvalue weighted by molar-refractivity contribution is 5.91. The number of oxazole rings is 1. The van der Waals surface area contributed by atoms with Gasteiger partial charge in [-0.15, -0.1) is 0 Å². The minimum absolute atomic E-state index is 0.259. The molecule has 1 heterocycles. The quantitative estimate of drug-likeness (QED) is 0.543. The second kappa shape index (κ2) is 10.5. The standard InChI is InChI=1S/C23H26FN3O3/c1-3-25-23(28)21-16-30-22(26-21)15-27(13-17-5-9-19(24)10-6-17)14-18-7-11-20(12-8-18)29-4-2/h5-12,16H,3-4,13-15H2,1-2H3,(H,25,28). The summed E-state index contributed by atoms with van der Waals surface area (Å²) in [6, 6.07) is 14.3. The molecular formula is C23H26FN3O3. The number of hydrogen-bond acceptors (Lipinski definition) is 5. The lowest BCUT2D eigenvalue weighted by Crippen LogP contribution is -2.24. The van der Waals surface area contributed by atoms with Crippen molar-refractivity contribution in [3.63, 3.8) is 0 Å². The number of rotatable bonds is 10. The van der Waals surface area contributed by atoms with Crippen LogP contribution in [0.4, 0.5) is 4.39 Å². The molecule has 0 spiro atoms. The minimum Gasteiger partial charge on any atom is -0.494 e. The summed E-state index contributed by atoms with van der Waals surface area (Å²) in [6.45, 7) is 6.55. The summed E-state index contributed by atoms with van der Waals surface area (Å²) in [5.74, 6) is 0.745. The molecule has 0 aliphatic carbocycles. The van der Waals surface area contributed by atoms with Gasteiger partial charge in [0.1, 0.15) is 17.8 Å². The number of halogens is 1. The predicted molar refractivity (Wildman–Crippen MR) is 111 cm³/mol. The summed E-state index contributed by atoms with van der Waals surface area (Å²) in [4.78, 5) is 18.4. The van der Waals surface area contributed by atoms with E-state index < -0.39 is 0 Å². The molecule has 0 aliphatic heterocycles. The van der Waals surface area contributed by atoms with Gasteiger partial charge in [-0.1, -0.05) is 24.3 Å². The Bertz CT molecular complexity index is 939. The van der Waals surface area contributed by atoms with Gasteiger partial charge in [-0.3, -0.25) is 9.69 Å². The summed E-state index contributed by atoms with van der Waals surface area (Å²) >= 11 is 0. The Kier molecular flexibility index (Phi) is 7.57. The SMILES string of the molecule is CCNC(=O)c1coc(CN(Cc2ccc(F)cc2)Cc2ccc(OCC)cc2)n1. The molecule has 3 rings (SSSR count). The first-order chi connectivity index (χ1) is 14.6. The van der Waals surface area contributed by atoms with Gasteiger partial charge in [0.2, 0.25) is 5.89 Å². The van der Waals surface area contributed by atoms with E-state index >= 15 is 0 Å². The summed E-state index contributed by atoms with van der Waals surface area (Å²) in [5, 5.41) is 2.71. The van der Waals surface area contributed by atoms with Crippen LogP contribution < -0.4 is 10.1 Å². The molecule has 0 radical (unpaired) electrons. The fraction of sp³-hybridized carbons (Fsp3) is 0.304. The Hall–Kier alpha value is -3.19. The Morgan fingerprint density at radius 3 is 2.27 bits per heavy atom. The highest BCUT2D eigenvalue weighted by atomic mass is 19.1. The first kappa shape index (κ1) is 21.5. The highest BCUT2D eigenvalue weighted by Crippen LogP contribution is 2.17. The van der Waals surface area contributed by atoms with Crippen LogP contribution in [-0.4, -0.2) is 28.9 Å². The molecule has 0 atom stereocenters. The maximum atomic E-state index is 13.3. The number of hydrogen-bond donors (Lipinski definition) is 1. The first-order valence-corrected chi connectivity index (χ1v) is 9.98. The second-order valence-corrected chi connectivity index (χ2v) is 6.83. The fourth-order valence-electron chi connectivity index (χ4n) is 3.06. The van der Waals surface area contributed by atoms with Gasteiger partial charge < -0.3 is 14.5 Å². The van der Waals surface area contributed by atoms with Crippen LogP contribution in [0.1, 0.15) is 41.4 Å². The van der Waals surface area contributed by atoms with Crippen molar-refractivity contribution in [2.24, 2.45) is 0 Å². The van der Waals surface area contributed by atoms with Gasteiger partial charge in [-0.2, -0.15) is 0 Å². The second-order valence-electron chi connectivity index (χ2n) is 6.83. The molecule has 0 saturated carbocycles. The molecular weight excluding hydrogens is 385 g/mol. The fourth-order valence-corrected chi connectivity index (χ4v) is 3.06. The minimum atomic E-state index is -0.268. The van der Waals surface area contributed by atoms with Gasteiger partial charge in [0.05, 0.1) is 13.2 Å². The van der Waals surface area contributed by atoms with E-state index in [2.05, 4.69) is 15.2 Å². The lowest BCUT2D eigenvalue weighted by atomic mass is 10.1. The Balaban J connectivity index is 1.74. The van der Waals surface area contributed by atoms with Crippen LogP contribution in [0.5, 0.6) is 5.75 Å². The lowest BCUT2D eigenvalue weighted by Gasteiger charge is -2.21. The average molecular weight is 411 g/mol. The van der Waals surface area contributed by atoms with Crippen molar-refractivity contribution >= 4 is 5.91 Å². The summed E-state index contributed by atoms with van der Waals surface area (Å²) < 4.78 is 24.3. The molecule has 0 bridgehead atoms. The first-order valence-electron chi connectivity index (χ1n) is 9.98.